The Morgan fingerprint density at radius 1 is 1.33 bits per heavy atom. The highest BCUT2D eigenvalue weighted by atomic mass is 16.2. The first-order chi connectivity index (χ1) is 8.50. The number of carbonyl (C=O) groups excluding carboxylic acids is 2. The van der Waals surface area contributed by atoms with Gasteiger partial charge in [-0.1, -0.05) is 13.8 Å². The Balaban J connectivity index is 2.36. The van der Waals surface area contributed by atoms with Crippen LogP contribution in [-0.4, -0.2) is 34.4 Å². The molecule has 0 unspecified atom stereocenters. The number of anilines is 1. The van der Waals surface area contributed by atoms with E-state index in [9.17, 15) is 9.59 Å². The van der Waals surface area contributed by atoms with Gasteiger partial charge in [0.2, 0.25) is 11.8 Å². The van der Waals surface area contributed by atoms with E-state index >= 15 is 0 Å². The van der Waals surface area contributed by atoms with Crippen molar-refractivity contribution in [2.24, 2.45) is 11.7 Å². The summed E-state index contributed by atoms with van der Waals surface area (Å²) >= 11 is 0. The Labute approximate surface area is 105 Å². The van der Waals surface area contributed by atoms with E-state index in [0.29, 0.717) is 5.69 Å². The van der Waals surface area contributed by atoms with Crippen LogP contribution in [0.1, 0.15) is 13.8 Å². The molecule has 1 aromatic heterocycles. The molecule has 0 aliphatic heterocycles. The van der Waals surface area contributed by atoms with Crippen molar-refractivity contribution in [2.45, 2.75) is 19.9 Å². The van der Waals surface area contributed by atoms with Crippen LogP contribution >= 0.6 is 0 Å². The van der Waals surface area contributed by atoms with Crippen LogP contribution < -0.4 is 16.4 Å². The molecule has 1 rings (SSSR count). The molecule has 0 fully saturated rings. The molecule has 4 N–H and O–H groups in total. The van der Waals surface area contributed by atoms with Crippen LogP contribution in [-0.2, 0) is 9.59 Å². The lowest BCUT2D eigenvalue weighted by atomic mass is 10.1. The zero-order valence-electron chi connectivity index (χ0n) is 10.4. The van der Waals surface area contributed by atoms with Gasteiger partial charge in [0.05, 0.1) is 30.7 Å². The summed E-state index contributed by atoms with van der Waals surface area (Å²) in [6.07, 6.45) is 4.29. The lowest BCUT2D eigenvalue weighted by Gasteiger charge is -2.15. The van der Waals surface area contributed by atoms with Gasteiger partial charge >= 0.3 is 0 Å². The van der Waals surface area contributed by atoms with Crippen molar-refractivity contribution in [3.05, 3.63) is 18.7 Å². The highest BCUT2D eigenvalue weighted by Gasteiger charge is 2.17. The van der Waals surface area contributed by atoms with Gasteiger partial charge < -0.3 is 16.4 Å². The van der Waals surface area contributed by atoms with Gasteiger partial charge in [0.1, 0.15) is 6.33 Å². The number of carbonyl (C=O) groups is 2. The fourth-order valence-corrected chi connectivity index (χ4v) is 1.16. The predicted molar refractivity (Wildman–Crippen MR) is 66.5 cm³/mol. The normalized spacial score (nSPS) is 12.0. The molecule has 98 valence electrons. The van der Waals surface area contributed by atoms with Crippen LogP contribution in [0.25, 0.3) is 0 Å². The second-order valence-electron chi connectivity index (χ2n) is 4.16. The Bertz CT molecular complexity index is 407. The molecule has 0 spiro atoms. The topological polar surface area (TPSA) is 110 Å². The number of aromatic nitrogens is 2. The third-order valence-electron chi connectivity index (χ3n) is 2.29. The molecule has 0 aliphatic rings. The quantitative estimate of drug-likeness (QED) is 0.654. The Morgan fingerprint density at radius 2 is 1.94 bits per heavy atom. The molecular formula is C11H17N5O2. The van der Waals surface area contributed by atoms with Gasteiger partial charge in [0.25, 0.3) is 0 Å². The molecule has 0 radical (unpaired) electrons. The van der Waals surface area contributed by atoms with Crippen LogP contribution in [0, 0.1) is 5.92 Å². The van der Waals surface area contributed by atoms with Crippen molar-refractivity contribution in [1.82, 2.24) is 15.3 Å². The van der Waals surface area contributed by atoms with Crippen LogP contribution in [0.15, 0.2) is 18.7 Å². The SMILES string of the molecule is CC(C)[C@H](N)C(=O)NCC(=O)Nc1cncnc1. The monoisotopic (exact) mass is 251 g/mol. The van der Waals surface area contributed by atoms with Crippen molar-refractivity contribution in [3.8, 4) is 0 Å². The minimum Gasteiger partial charge on any atom is -0.346 e. The first-order valence-electron chi connectivity index (χ1n) is 5.59. The molecule has 0 saturated heterocycles. The van der Waals surface area contributed by atoms with E-state index in [1.165, 1.54) is 18.7 Å². The molecule has 7 nitrogen and oxygen atoms in total. The third kappa shape index (κ3) is 4.46. The fourth-order valence-electron chi connectivity index (χ4n) is 1.16. The van der Waals surface area contributed by atoms with Crippen molar-refractivity contribution < 1.29 is 9.59 Å². The summed E-state index contributed by atoms with van der Waals surface area (Å²) in [6.45, 7) is 3.55. The maximum absolute atomic E-state index is 11.5. The lowest BCUT2D eigenvalue weighted by Crippen LogP contribution is -2.46. The van der Waals surface area contributed by atoms with E-state index in [1.54, 1.807) is 0 Å². The van der Waals surface area contributed by atoms with E-state index in [0.717, 1.165) is 0 Å². The molecule has 1 aromatic rings. The van der Waals surface area contributed by atoms with Gasteiger partial charge in [-0.2, -0.15) is 0 Å². The van der Waals surface area contributed by atoms with Crippen molar-refractivity contribution in [3.63, 3.8) is 0 Å². The third-order valence-corrected chi connectivity index (χ3v) is 2.29. The maximum Gasteiger partial charge on any atom is 0.243 e. The van der Waals surface area contributed by atoms with Crippen LogP contribution in [0.2, 0.25) is 0 Å². The van der Waals surface area contributed by atoms with Crippen molar-refractivity contribution in [2.75, 3.05) is 11.9 Å². The highest BCUT2D eigenvalue weighted by Crippen LogP contribution is 2.00. The number of nitrogens with one attached hydrogen (secondary N) is 2. The fraction of sp³-hybridized carbons (Fsp3) is 0.455. The second kappa shape index (κ2) is 6.65. The van der Waals surface area contributed by atoms with Crippen LogP contribution in [0.4, 0.5) is 5.69 Å². The summed E-state index contributed by atoms with van der Waals surface area (Å²) < 4.78 is 0. The molecule has 0 bridgehead atoms. The van der Waals surface area contributed by atoms with E-state index in [-0.39, 0.29) is 24.3 Å². The number of hydrogen-bond acceptors (Lipinski definition) is 5. The summed E-state index contributed by atoms with van der Waals surface area (Å²) in [5.41, 5.74) is 6.11. The number of nitrogens with two attached hydrogens (primary N) is 1. The smallest absolute Gasteiger partial charge is 0.243 e. The van der Waals surface area contributed by atoms with Gasteiger partial charge in [0, 0.05) is 0 Å². The second-order valence-corrected chi connectivity index (χ2v) is 4.16. The average Bonchev–Trinajstić information content (AvgIpc) is 2.36. The van der Waals surface area contributed by atoms with Crippen LogP contribution in [0.5, 0.6) is 0 Å². The number of rotatable bonds is 5. The van der Waals surface area contributed by atoms with Crippen LogP contribution in [0.3, 0.4) is 0 Å². The number of nitrogens with zero attached hydrogens (tertiary/aromatic N) is 2. The van der Waals surface area contributed by atoms with Gasteiger partial charge in [0.15, 0.2) is 0 Å². The predicted octanol–water partition coefficient (Wildman–Crippen LogP) is -0.485. The zero-order chi connectivity index (χ0) is 13.5. The molecule has 0 saturated carbocycles. The summed E-state index contributed by atoms with van der Waals surface area (Å²) in [5.74, 6) is -0.672. The Morgan fingerprint density at radius 3 is 2.50 bits per heavy atom. The zero-order valence-corrected chi connectivity index (χ0v) is 10.4. The molecule has 18 heavy (non-hydrogen) atoms. The molecular weight excluding hydrogens is 234 g/mol. The molecule has 7 heteroatoms. The summed E-state index contributed by atoms with van der Waals surface area (Å²) in [6, 6.07) is -0.613. The lowest BCUT2D eigenvalue weighted by molar-refractivity contribution is -0.125. The van der Waals surface area contributed by atoms with E-state index in [4.69, 9.17) is 5.73 Å². The first kappa shape index (κ1) is 14.0. The highest BCUT2D eigenvalue weighted by molar-refractivity contribution is 5.95. The first-order valence-corrected chi connectivity index (χ1v) is 5.59. The molecule has 1 heterocycles. The summed E-state index contributed by atoms with van der Waals surface area (Å²) in [7, 11) is 0. The molecule has 0 aromatic carbocycles. The average molecular weight is 251 g/mol. The van der Waals surface area contributed by atoms with E-state index in [1.807, 2.05) is 13.8 Å². The molecule has 1 atom stereocenters. The number of hydrogen-bond donors (Lipinski definition) is 3. The van der Waals surface area contributed by atoms with Gasteiger partial charge in [-0.15, -0.1) is 0 Å². The molecule has 0 aliphatic carbocycles. The standard InChI is InChI=1S/C11H17N5O2/c1-7(2)10(12)11(18)15-5-9(17)16-8-3-13-6-14-4-8/h3-4,6-7,10H,5,12H2,1-2H3,(H,15,18)(H,16,17)/t10-/m0/s1. The van der Waals surface area contributed by atoms with Gasteiger partial charge in [-0.05, 0) is 5.92 Å². The Hall–Kier alpha value is -2.02. The maximum atomic E-state index is 11.5. The van der Waals surface area contributed by atoms with Crippen molar-refractivity contribution in [1.29, 1.82) is 0 Å². The van der Waals surface area contributed by atoms with Gasteiger partial charge in [-0.3, -0.25) is 9.59 Å². The number of amides is 2. The molecule has 2 amide bonds. The van der Waals surface area contributed by atoms with E-state index in [2.05, 4.69) is 20.6 Å². The summed E-state index contributed by atoms with van der Waals surface area (Å²) in [5, 5.41) is 5.01. The van der Waals surface area contributed by atoms with Gasteiger partial charge in [-0.25, -0.2) is 9.97 Å². The Kier molecular flexibility index (Phi) is 5.19. The minimum atomic E-state index is -0.613. The van der Waals surface area contributed by atoms with Crippen molar-refractivity contribution >= 4 is 17.5 Å². The van der Waals surface area contributed by atoms with E-state index < -0.39 is 6.04 Å². The largest absolute Gasteiger partial charge is 0.346 e. The minimum absolute atomic E-state index is 0.0237. The summed E-state index contributed by atoms with van der Waals surface area (Å²) in [4.78, 5) is 30.5.